The molecule has 5 nitrogen and oxygen atoms in total. The van der Waals surface area contributed by atoms with Crippen LogP contribution in [0.2, 0.25) is 0 Å². The highest BCUT2D eigenvalue weighted by molar-refractivity contribution is 5.80. The fourth-order valence-electron chi connectivity index (χ4n) is 1.79. The Morgan fingerprint density at radius 2 is 1.89 bits per heavy atom. The Labute approximate surface area is 108 Å². The molecule has 1 aliphatic rings. The molecule has 0 aromatic heterocycles. The Hall–Kier alpha value is -1.47. The lowest BCUT2D eigenvalue weighted by Gasteiger charge is -2.21. The van der Waals surface area contributed by atoms with Crippen LogP contribution in [0.25, 0.3) is 0 Å². The smallest absolute Gasteiger partial charge is 0.407 e. The quantitative estimate of drug-likeness (QED) is 0.832. The number of carboxylic acid groups (broad SMARTS) is 1. The van der Waals surface area contributed by atoms with Crippen molar-refractivity contribution < 1.29 is 32.6 Å². The second kappa shape index (κ2) is 4.57. The molecule has 0 heterocycles. The van der Waals surface area contributed by atoms with Gasteiger partial charge in [-0.25, -0.2) is 4.79 Å². The normalized spacial score (nSPS) is 26.7. The number of halogens is 3. The number of rotatable bonds is 3. The molecule has 1 fully saturated rings. The van der Waals surface area contributed by atoms with Gasteiger partial charge in [0, 0.05) is 6.54 Å². The molecule has 0 unspecified atom stereocenters. The first-order valence-electron chi connectivity index (χ1n) is 5.65. The molecule has 1 saturated carbocycles. The number of hydrogen-bond donors (Lipinski definition) is 2. The largest absolute Gasteiger partial charge is 0.481 e. The maximum absolute atomic E-state index is 12.5. The maximum Gasteiger partial charge on any atom is 0.407 e. The van der Waals surface area contributed by atoms with Gasteiger partial charge in [0.05, 0.1) is 11.3 Å². The predicted molar refractivity (Wildman–Crippen MR) is 58.5 cm³/mol. The van der Waals surface area contributed by atoms with Gasteiger partial charge < -0.3 is 15.2 Å². The van der Waals surface area contributed by atoms with Gasteiger partial charge >= 0.3 is 18.2 Å². The first kappa shape index (κ1) is 15.6. The second-order valence-corrected chi connectivity index (χ2v) is 5.62. The third-order valence-corrected chi connectivity index (χ3v) is 2.84. The van der Waals surface area contributed by atoms with Crippen molar-refractivity contribution in [2.24, 2.45) is 11.3 Å². The van der Waals surface area contributed by atoms with E-state index in [-0.39, 0.29) is 0 Å². The van der Waals surface area contributed by atoms with Crippen LogP contribution in [-0.2, 0) is 9.53 Å². The molecule has 0 aromatic carbocycles. The van der Waals surface area contributed by atoms with Gasteiger partial charge in [-0.1, -0.05) is 0 Å². The molecule has 8 heteroatoms. The van der Waals surface area contributed by atoms with E-state index in [1.165, 1.54) is 0 Å². The lowest BCUT2D eigenvalue weighted by molar-refractivity contribution is -0.168. The summed E-state index contributed by atoms with van der Waals surface area (Å²) in [5, 5.41) is 11.0. The van der Waals surface area contributed by atoms with Gasteiger partial charge in [0.2, 0.25) is 0 Å². The van der Waals surface area contributed by atoms with E-state index in [1.807, 2.05) is 0 Å². The minimum atomic E-state index is -4.58. The summed E-state index contributed by atoms with van der Waals surface area (Å²) in [5.74, 6) is -3.49. The molecule has 0 aliphatic heterocycles. The van der Waals surface area contributed by atoms with Crippen molar-refractivity contribution in [1.82, 2.24) is 5.32 Å². The molecule has 0 bridgehead atoms. The number of hydrogen-bond acceptors (Lipinski definition) is 3. The Kier molecular flexibility index (Phi) is 3.75. The van der Waals surface area contributed by atoms with Gasteiger partial charge in [-0.15, -0.1) is 0 Å². The summed E-state index contributed by atoms with van der Waals surface area (Å²) in [5.41, 5.74) is -2.76. The van der Waals surface area contributed by atoms with Crippen molar-refractivity contribution in [3.63, 3.8) is 0 Å². The molecule has 1 amide bonds. The molecule has 110 valence electrons. The van der Waals surface area contributed by atoms with Crippen molar-refractivity contribution in [2.75, 3.05) is 6.54 Å². The highest BCUT2D eigenvalue weighted by atomic mass is 19.4. The molecular formula is C11H16F3NO4. The van der Waals surface area contributed by atoms with Crippen LogP contribution in [-0.4, -0.2) is 35.5 Å². The number of carbonyl (C=O) groups is 2. The first-order chi connectivity index (χ1) is 8.38. The van der Waals surface area contributed by atoms with Crippen LogP contribution in [0.15, 0.2) is 0 Å². The predicted octanol–water partition coefficient (Wildman–Crippen LogP) is 2.16. The summed E-state index contributed by atoms with van der Waals surface area (Å²) >= 11 is 0. The zero-order valence-electron chi connectivity index (χ0n) is 10.8. The molecule has 0 spiro atoms. The highest BCUT2D eigenvalue weighted by Crippen LogP contribution is 2.60. The topological polar surface area (TPSA) is 75.6 Å². The lowest BCUT2D eigenvalue weighted by Crippen LogP contribution is -2.40. The van der Waals surface area contributed by atoms with E-state index in [4.69, 9.17) is 9.84 Å². The van der Waals surface area contributed by atoms with Crippen LogP contribution in [0.5, 0.6) is 0 Å². The number of carboxylic acids is 1. The van der Waals surface area contributed by atoms with Gasteiger partial charge in [-0.2, -0.15) is 13.2 Å². The lowest BCUT2D eigenvalue weighted by atomic mass is 10.0. The van der Waals surface area contributed by atoms with Gasteiger partial charge in [-0.3, -0.25) is 4.79 Å². The maximum atomic E-state index is 12.5. The van der Waals surface area contributed by atoms with Crippen molar-refractivity contribution in [1.29, 1.82) is 0 Å². The Morgan fingerprint density at radius 1 is 1.37 bits per heavy atom. The van der Waals surface area contributed by atoms with Crippen LogP contribution < -0.4 is 5.32 Å². The van der Waals surface area contributed by atoms with Gasteiger partial charge in [-0.05, 0) is 27.2 Å². The average Bonchev–Trinajstić information content (AvgIpc) is 2.87. The molecule has 0 saturated heterocycles. The number of carbonyl (C=O) groups excluding carboxylic acids is 1. The van der Waals surface area contributed by atoms with Crippen LogP contribution >= 0.6 is 0 Å². The Balaban J connectivity index is 2.60. The SMILES string of the molecule is CC(C)(C)OC(=O)NC[C@]1(C(=O)O)C[C@@H]1C(F)(F)F. The molecule has 2 atom stereocenters. The van der Waals surface area contributed by atoms with E-state index < -0.39 is 48.1 Å². The van der Waals surface area contributed by atoms with Crippen molar-refractivity contribution >= 4 is 12.1 Å². The summed E-state index contributed by atoms with van der Waals surface area (Å²) in [4.78, 5) is 22.3. The van der Waals surface area contributed by atoms with Crippen molar-refractivity contribution in [3.8, 4) is 0 Å². The van der Waals surface area contributed by atoms with Gasteiger partial charge in [0.25, 0.3) is 0 Å². The fraction of sp³-hybridized carbons (Fsp3) is 0.818. The number of aliphatic carboxylic acids is 1. The van der Waals surface area contributed by atoms with E-state index in [9.17, 15) is 22.8 Å². The third-order valence-electron chi connectivity index (χ3n) is 2.84. The van der Waals surface area contributed by atoms with E-state index in [0.717, 1.165) is 0 Å². The molecule has 2 N–H and O–H groups in total. The van der Waals surface area contributed by atoms with Gasteiger partial charge in [0.15, 0.2) is 0 Å². The standard InChI is InChI=1S/C11H16F3NO4/c1-9(2,3)19-8(18)15-5-10(7(16)17)4-6(10)11(12,13)14/h6H,4-5H2,1-3H3,(H,15,18)(H,16,17)/t6-,10+/m0/s1. The van der Waals surface area contributed by atoms with Gasteiger partial charge in [0.1, 0.15) is 5.60 Å². The molecule has 1 rings (SSSR count). The van der Waals surface area contributed by atoms with Crippen molar-refractivity contribution in [3.05, 3.63) is 0 Å². The van der Waals surface area contributed by atoms with E-state index >= 15 is 0 Å². The van der Waals surface area contributed by atoms with E-state index in [2.05, 4.69) is 5.32 Å². The average molecular weight is 283 g/mol. The number of nitrogens with one attached hydrogen (secondary N) is 1. The second-order valence-electron chi connectivity index (χ2n) is 5.62. The monoisotopic (exact) mass is 283 g/mol. The molecule has 0 aromatic rings. The van der Waals surface area contributed by atoms with Crippen LogP contribution in [0.1, 0.15) is 27.2 Å². The number of alkyl halides is 3. The fourth-order valence-corrected chi connectivity index (χ4v) is 1.79. The number of ether oxygens (including phenoxy) is 1. The summed E-state index contributed by atoms with van der Waals surface area (Å²) in [6.45, 7) is 4.18. The molecule has 0 radical (unpaired) electrons. The number of amides is 1. The van der Waals surface area contributed by atoms with E-state index in [1.54, 1.807) is 20.8 Å². The third kappa shape index (κ3) is 3.74. The summed E-state index contributed by atoms with van der Waals surface area (Å²) in [6, 6.07) is 0. The molecular weight excluding hydrogens is 267 g/mol. The minimum absolute atomic E-state index is 0.526. The first-order valence-corrected chi connectivity index (χ1v) is 5.65. The Bertz CT molecular complexity index is 388. The molecule has 19 heavy (non-hydrogen) atoms. The zero-order chi connectivity index (χ0) is 15.1. The van der Waals surface area contributed by atoms with E-state index in [0.29, 0.717) is 0 Å². The zero-order valence-corrected chi connectivity index (χ0v) is 10.8. The van der Waals surface area contributed by atoms with Crippen LogP contribution in [0.3, 0.4) is 0 Å². The highest BCUT2D eigenvalue weighted by Gasteiger charge is 2.71. The van der Waals surface area contributed by atoms with Crippen molar-refractivity contribution in [2.45, 2.75) is 39.0 Å². The van der Waals surface area contributed by atoms with Crippen LogP contribution in [0, 0.1) is 11.3 Å². The van der Waals surface area contributed by atoms with Crippen LogP contribution in [0.4, 0.5) is 18.0 Å². The summed E-state index contributed by atoms with van der Waals surface area (Å²) in [6.07, 6.45) is -6.03. The minimum Gasteiger partial charge on any atom is -0.481 e. The number of alkyl carbamates (subject to hydrolysis) is 1. The summed E-state index contributed by atoms with van der Waals surface area (Å²) < 4.78 is 42.3. The Morgan fingerprint density at radius 3 is 2.21 bits per heavy atom. The summed E-state index contributed by atoms with van der Waals surface area (Å²) in [7, 11) is 0. The molecule has 1 aliphatic carbocycles.